The Morgan fingerprint density at radius 3 is 2.78 bits per heavy atom. The molecule has 0 radical (unpaired) electrons. The van der Waals surface area contributed by atoms with Crippen molar-refractivity contribution in [2.75, 3.05) is 6.54 Å². The van der Waals surface area contributed by atoms with Gasteiger partial charge >= 0.3 is 0 Å². The zero-order valence-electron chi connectivity index (χ0n) is 14.8. The van der Waals surface area contributed by atoms with E-state index in [9.17, 15) is 9.18 Å². The summed E-state index contributed by atoms with van der Waals surface area (Å²) < 4.78 is 13.5. The van der Waals surface area contributed by atoms with Crippen LogP contribution in [0.3, 0.4) is 0 Å². The average Bonchev–Trinajstić information content (AvgIpc) is 3.40. The van der Waals surface area contributed by atoms with Crippen LogP contribution < -0.4 is 0 Å². The molecule has 0 aromatic heterocycles. The van der Waals surface area contributed by atoms with Crippen molar-refractivity contribution < 1.29 is 14.0 Å². The summed E-state index contributed by atoms with van der Waals surface area (Å²) in [5.74, 6) is -0.106. The van der Waals surface area contributed by atoms with Gasteiger partial charge in [0.1, 0.15) is 5.82 Å². The Morgan fingerprint density at radius 1 is 1.22 bits per heavy atom. The van der Waals surface area contributed by atoms with E-state index in [4.69, 9.17) is 16.4 Å². The summed E-state index contributed by atoms with van der Waals surface area (Å²) in [6.45, 7) is 0.789. The van der Waals surface area contributed by atoms with E-state index in [0.29, 0.717) is 24.5 Å². The molecule has 1 heterocycles. The first kappa shape index (κ1) is 18.0. The van der Waals surface area contributed by atoms with Gasteiger partial charge in [-0.2, -0.15) is 0 Å². The Labute approximate surface area is 162 Å². The van der Waals surface area contributed by atoms with Crippen molar-refractivity contribution in [3.63, 3.8) is 0 Å². The fourth-order valence-electron chi connectivity index (χ4n) is 3.30. The maximum atomic E-state index is 13.5. The van der Waals surface area contributed by atoms with Gasteiger partial charge in [-0.05, 0) is 36.6 Å². The van der Waals surface area contributed by atoms with Crippen LogP contribution >= 0.6 is 11.6 Å². The van der Waals surface area contributed by atoms with E-state index < -0.39 is 0 Å². The van der Waals surface area contributed by atoms with E-state index in [-0.39, 0.29) is 23.7 Å². The second kappa shape index (κ2) is 7.69. The lowest BCUT2D eigenvalue weighted by atomic mass is 10.0. The van der Waals surface area contributed by atoms with Gasteiger partial charge in [-0.15, -0.1) is 0 Å². The first-order chi connectivity index (χ1) is 13.1. The highest BCUT2D eigenvalue weighted by Gasteiger charge is 2.35. The lowest BCUT2D eigenvalue weighted by molar-refractivity contribution is -0.135. The van der Waals surface area contributed by atoms with Gasteiger partial charge in [0.2, 0.25) is 5.91 Å². The Kier molecular flexibility index (Phi) is 5.12. The molecule has 4 nitrogen and oxygen atoms in total. The Hall–Kier alpha value is -2.40. The highest BCUT2D eigenvalue weighted by Crippen LogP contribution is 2.32. The van der Waals surface area contributed by atoms with Crippen LogP contribution in [0.4, 0.5) is 4.39 Å². The van der Waals surface area contributed by atoms with Crippen LogP contribution in [0.2, 0.25) is 5.02 Å². The van der Waals surface area contributed by atoms with E-state index >= 15 is 0 Å². The third-order valence-corrected chi connectivity index (χ3v) is 5.17. The summed E-state index contributed by atoms with van der Waals surface area (Å²) in [4.78, 5) is 20.1. The minimum absolute atomic E-state index is 0.0870. The second-order valence-corrected chi connectivity index (χ2v) is 7.48. The van der Waals surface area contributed by atoms with Gasteiger partial charge in [0.15, 0.2) is 6.10 Å². The average molecular weight is 387 g/mol. The van der Waals surface area contributed by atoms with Crippen LogP contribution in [0.15, 0.2) is 53.7 Å². The molecule has 140 valence electrons. The molecule has 4 rings (SSSR count). The molecular weight excluding hydrogens is 367 g/mol. The lowest BCUT2D eigenvalue weighted by Crippen LogP contribution is -2.38. The van der Waals surface area contributed by atoms with Crippen molar-refractivity contribution in [1.82, 2.24) is 4.90 Å². The standard InChI is InChI=1S/C21H20ClFN2O2/c22-19-7-2-1-6-18(19)20-11-17(27-24-20)13-25(21(26)15-8-9-15)12-14-4-3-5-16(23)10-14/h1-7,10,15,17H,8-9,11-13H2. The molecule has 0 saturated heterocycles. The molecule has 2 aromatic carbocycles. The van der Waals surface area contributed by atoms with Gasteiger partial charge in [0, 0.05) is 29.5 Å². The second-order valence-electron chi connectivity index (χ2n) is 7.07. The van der Waals surface area contributed by atoms with E-state index in [2.05, 4.69) is 5.16 Å². The van der Waals surface area contributed by atoms with Gasteiger partial charge < -0.3 is 9.74 Å². The van der Waals surface area contributed by atoms with Crippen molar-refractivity contribution in [3.05, 3.63) is 70.5 Å². The first-order valence-electron chi connectivity index (χ1n) is 9.11. The largest absolute Gasteiger partial charge is 0.390 e. The molecule has 1 aliphatic heterocycles. The third-order valence-electron chi connectivity index (χ3n) is 4.84. The third kappa shape index (κ3) is 4.30. The van der Waals surface area contributed by atoms with Gasteiger partial charge in [-0.25, -0.2) is 4.39 Å². The molecule has 1 atom stereocenters. The number of benzene rings is 2. The van der Waals surface area contributed by atoms with Crippen molar-refractivity contribution in [2.24, 2.45) is 11.1 Å². The molecule has 1 fully saturated rings. The molecule has 1 saturated carbocycles. The smallest absolute Gasteiger partial charge is 0.226 e. The van der Waals surface area contributed by atoms with E-state index in [0.717, 1.165) is 29.7 Å². The molecule has 27 heavy (non-hydrogen) atoms. The van der Waals surface area contributed by atoms with Crippen molar-refractivity contribution in [3.8, 4) is 0 Å². The van der Waals surface area contributed by atoms with Crippen LogP contribution in [0, 0.1) is 11.7 Å². The number of carbonyl (C=O) groups is 1. The molecule has 2 aromatic rings. The molecule has 0 N–H and O–H groups in total. The van der Waals surface area contributed by atoms with Crippen LogP contribution in [0.25, 0.3) is 0 Å². The number of nitrogens with zero attached hydrogens (tertiary/aromatic N) is 2. The van der Waals surface area contributed by atoms with Gasteiger partial charge in [-0.1, -0.05) is 47.1 Å². The monoisotopic (exact) mass is 386 g/mol. The quantitative estimate of drug-likeness (QED) is 0.737. The molecular formula is C21H20ClFN2O2. The number of carbonyl (C=O) groups excluding carboxylic acids is 1. The maximum Gasteiger partial charge on any atom is 0.226 e. The SMILES string of the molecule is O=C(C1CC1)N(Cc1cccc(F)c1)CC1CC(c2ccccc2Cl)=NO1. The molecule has 1 amide bonds. The molecule has 1 unspecified atom stereocenters. The van der Waals surface area contributed by atoms with Crippen LogP contribution in [-0.2, 0) is 16.2 Å². The zero-order valence-corrected chi connectivity index (χ0v) is 15.5. The number of rotatable bonds is 6. The number of hydrogen-bond donors (Lipinski definition) is 0. The topological polar surface area (TPSA) is 41.9 Å². The lowest BCUT2D eigenvalue weighted by Gasteiger charge is -2.25. The number of halogens is 2. The van der Waals surface area contributed by atoms with Crippen molar-refractivity contribution >= 4 is 23.2 Å². The van der Waals surface area contributed by atoms with E-state index in [1.807, 2.05) is 30.3 Å². The fourth-order valence-corrected chi connectivity index (χ4v) is 3.55. The Morgan fingerprint density at radius 2 is 2.04 bits per heavy atom. The number of amides is 1. The summed E-state index contributed by atoms with van der Waals surface area (Å²) >= 11 is 6.24. The van der Waals surface area contributed by atoms with Crippen molar-refractivity contribution in [2.45, 2.75) is 31.9 Å². The van der Waals surface area contributed by atoms with Gasteiger partial charge in [0.05, 0.1) is 12.3 Å². The van der Waals surface area contributed by atoms with Gasteiger partial charge in [-0.3, -0.25) is 4.79 Å². The normalized spacial score (nSPS) is 18.7. The fraction of sp³-hybridized carbons (Fsp3) is 0.333. The van der Waals surface area contributed by atoms with Crippen LogP contribution in [0.5, 0.6) is 0 Å². The first-order valence-corrected chi connectivity index (χ1v) is 9.49. The summed E-state index contributed by atoms with van der Waals surface area (Å²) in [6.07, 6.45) is 2.20. The Balaban J connectivity index is 1.44. The predicted molar refractivity (Wildman–Crippen MR) is 102 cm³/mol. The molecule has 2 aliphatic rings. The number of oxime groups is 1. The molecule has 6 heteroatoms. The number of hydrogen-bond acceptors (Lipinski definition) is 3. The molecule has 1 aliphatic carbocycles. The minimum atomic E-state index is -0.298. The minimum Gasteiger partial charge on any atom is -0.390 e. The predicted octanol–water partition coefficient (Wildman–Crippen LogP) is 4.41. The highest BCUT2D eigenvalue weighted by atomic mass is 35.5. The highest BCUT2D eigenvalue weighted by molar-refractivity contribution is 6.34. The summed E-state index contributed by atoms with van der Waals surface area (Å²) in [6, 6.07) is 13.9. The van der Waals surface area contributed by atoms with Crippen LogP contribution in [-0.4, -0.2) is 29.2 Å². The zero-order chi connectivity index (χ0) is 18.8. The molecule has 0 bridgehead atoms. The van der Waals surface area contributed by atoms with E-state index in [1.165, 1.54) is 12.1 Å². The Bertz CT molecular complexity index is 882. The summed E-state index contributed by atoms with van der Waals surface area (Å²) in [7, 11) is 0. The van der Waals surface area contributed by atoms with Crippen molar-refractivity contribution in [1.29, 1.82) is 0 Å². The molecule has 0 spiro atoms. The summed E-state index contributed by atoms with van der Waals surface area (Å²) in [5, 5.41) is 4.81. The maximum absolute atomic E-state index is 13.5. The van der Waals surface area contributed by atoms with Crippen LogP contribution in [0.1, 0.15) is 30.4 Å². The summed E-state index contributed by atoms with van der Waals surface area (Å²) in [5.41, 5.74) is 2.41. The van der Waals surface area contributed by atoms with E-state index in [1.54, 1.807) is 11.0 Å². The van der Waals surface area contributed by atoms with Gasteiger partial charge in [0.25, 0.3) is 0 Å².